The van der Waals surface area contributed by atoms with Gasteiger partial charge in [0.2, 0.25) is 0 Å². The van der Waals surface area contributed by atoms with Gasteiger partial charge >= 0.3 is 0 Å². The molecule has 1 aromatic carbocycles. The number of rotatable bonds is 6. The highest BCUT2D eigenvalue weighted by Crippen LogP contribution is 2.14. The number of nitrogens with one attached hydrogen (secondary N) is 2. The van der Waals surface area contributed by atoms with Gasteiger partial charge in [0.15, 0.2) is 5.69 Å². The van der Waals surface area contributed by atoms with Gasteiger partial charge in [-0.1, -0.05) is 17.7 Å². The van der Waals surface area contributed by atoms with E-state index in [-0.39, 0.29) is 5.91 Å². The van der Waals surface area contributed by atoms with Gasteiger partial charge in [0, 0.05) is 17.8 Å². The van der Waals surface area contributed by atoms with Crippen molar-refractivity contribution in [1.82, 2.24) is 20.4 Å². The minimum absolute atomic E-state index is 0.165. The predicted molar refractivity (Wildman–Crippen MR) is 79.5 cm³/mol. The molecular formula is C14H17ClN4O. The third-order valence-corrected chi connectivity index (χ3v) is 3.02. The number of amides is 1. The summed E-state index contributed by atoms with van der Waals surface area (Å²) in [6.07, 6.45) is 2.63. The summed E-state index contributed by atoms with van der Waals surface area (Å²) in [6.45, 7) is 1.50. The van der Waals surface area contributed by atoms with Gasteiger partial charge in [-0.3, -0.25) is 4.79 Å². The van der Waals surface area contributed by atoms with Crippen molar-refractivity contribution in [3.8, 4) is 5.69 Å². The molecule has 0 unspecified atom stereocenters. The molecule has 1 amide bonds. The number of hydrogen-bond donors (Lipinski definition) is 2. The van der Waals surface area contributed by atoms with E-state index in [0.717, 1.165) is 18.7 Å². The van der Waals surface area contributed by atoms with E-state index in [2.05, 4.69) is 15.7 Å². The van der Waals surface area contributed by atoms with E-state index in [0.29, 0.717) is 17.3 Å². The summed E-state index contributed by atoms with van der Waals surface area (Å²) in [5.74, 6) is -0.165. The molecule has 0 saturated heterocycles. The van der Waals surface area contributed by atoms with Gasteiger partial charge in [-0.15, -0.1) is 0 Å². The number of nitrogens with zero attached hydrogens (tertiary/aromatic N) is 2. The zero-order valence-electron chi connectivity index (χ0n) is 11.3. The van der Waals surface area contributed by atoms with Crippen molar-refractivity contribution >= 4 is 17.5 Å². The van der Waals surface area contributed by atoms with E-state index in [9.17, 15) is 4.79 Å². The van der Waals surface area contributed by atoms with Crippen LogP contribution in [0.4, 0.5) is 0 Å². The monoisotopic (exact) mass is 292 g/mol. The van der Waals surface area contributed by atoms with E-state index in [1.807, 2.05) is 19.2 Å². The first kappa shape index (κ1) is 14.6. The molecule has 0 fully saturated rings. The Balaban J connectivity index is 2.00. The van der Waals surface area contributed by atoms with Crippen LogP contribution in [0.15, 0.2) is 36.5 Å². The van der Waals surface area contributed by atoms with Gasteiger partial charge in [-0.05, 0) is 44.3 Å². The molecule has 0 aliphatic carbocycles. The molecule has 0 bridgehead atoms. The Kier molecular flexibility index (Phi) is 5.15. The summed E-state index contributed by atoms with van der Waals surface area (Å²) in [6, 6.07) is 9.01. The lowest BCUT2D eigenvalue weighted by Gasteiger charge is -2.03. The standard InChI is InChI=1S/C14H17ClN4O/c1-16-7-3-8-17-14(20)13-6-9-19(18-13)12-5-2-4-11(15)10-12/h2,4-6,9-10,16H,3,7-8H2,1H3,(H,17,20). The molecule has 1 heterocycles. The second kappa shape index (κ2) is 7.07. The van der Waals surface area contributed by atoms with Crippen LogP contribution in [0.3, 0.4) is 0 Å². The summed E-state index contributed by atoms with van der Waals surface area (Å²) in [4.78, 5) is 11.9. The topological polar surface area (TPSA) is 58.9 Å². The van der Waals surface area contributed by atoms with Gasteiger partial charge < -0.3 is 10.6 Å². The number of benzene rings is 1. The first-order valence-electron chi connectivity index (χ1n) is 6.45. The molecule has 106 valence electrons. The lowest BCUT2D eigenvalue weighted by Crippen LogP contribution is -2.27. The number of carbonyl (C=O) groups excluding carboxylic acids is 1. The van der Waals surface area contributed by atoms with Crippen molar-refractivity contribution < 1.29 is 4.79 Å². The molecule has 2 aromatic rings. The van der Waals surface area contributed by atoms with Gasteiger partial charge in [-0.2, -0.15) is 5.10 Å². The molecule has 0 aliphatic heterocycles. The van der Waals surface area contributed by atoms with Crippen LogP contribution in [0.2, 0.25) is 5.02 Å². The lowest BCUT2D eigenvalue weighted by atomic mass is 10.3. The van der Waals surface area contributed by atoms with Crippen LogP contribution in [0, 0.1) is 0 Å². The lowest BCUT2D eigenvalue weighted by molar-refractivity contribution is 0.0948. The third-order valence-electron chi connectivity index (χ3n) is 2.78. The Morgan fingerprint density at radius 2 is 2.20 bits per heavy atom. The molecule has 6 heteroatoms. The molecule has 5 nitrogen and oxygen atoms in total. The number of carbonyl (C=O) groups is 1. The molecule has 0 saturated carbocycles. The van der Waals surface area contributed by atoms with Crippen molar-refractivity contribution in [1.29, 1.82) is 0 Å². The van der Waals surface area contributed by atoms with Crippen molar-refractivity contribution in [2.75, 3.05) is 20.1 Å². The van der Waals surface area contributed by atoms with E-state index < -0.39 is 0 Å². The maximum absolute atomic E-state index is 11.9. The van der Waals surface area contributed by atoms with Gasteiger partial charge in [0.05, 0.1) is 5.69 Å². The molecule has 1 aromatic heterocycles. The third kappa shape index (κ3) is 3.82. The number of halogens is 1. The Morgan fingerprint density at radius 3 is 2.95 bits per heavy atom. The summed E-state index contributed by atoms with van der Waals surface area (Å²) >= 11 is 5.94. The van der Waals surface area contributed by atoms with E-state index in [1.165, 1.54) is 0 Å². The molecule has 0 atom stereocenters. The molecule has 2 N–H and O–H groups in total. The normalized spacial score (nSPS) is 10.5. The maximum Gasteiger partial charge on any atom is 0.271 e. The van der Waals surface area contributed by atoms with E-state index >= 15 is 0 Å². The van der Waals surface area contributed by atoms with Gasteiger partial charge in [0.25, 0.3) is 5.91 Å². The molecule has 2 rings (SSSR count). The van der Waals surface area contributed by atoms with E-state index in [1.54, 1.807) is 29.1 Å². The van der Waals surface area contributed by atoms with Crippen LogP contribution >= 0.6 is 11.6 Å². The SMILES string of the molecule is CNCCCNC(=O)c1ccn(-c2cccc(Cl)c2)n1. The van der Waals surface area contributed by atoms with Crippen molar-refractivity contribution in [3.63, 3.8) is 0 Å². The summed E-state index contributed by atoms with van der Waals surface area (Å²) < 4.78 is 1.63. The van der Waals surface area contributed by atoms with Crippen LogP contribution in [0.25, 0.3) is 5.69 Å². The first-order valence-corrected chi connectivity index (χ1v) is 6.83. The van der Waals surface area contributed by atoms with Crippen LogP contribution < -0.4 is 10.6 Å². The zero-order valence-corrected chi connectivity index (χ0v) is 12.0. The Hall–Kier alpha value is -1.85. The second-order valence-corrected chi connectivity index (χ2v) is 4.77. The molecule has 0 aliphatic rings. The van der Waals surface area contributed by atoms with Crippen LogP contribution in [-0.2, 0) is 0 Å². The minimum atomic E-state index is -0.165. The zero-order chi connectivity index (χ0) is 14.4. The molecule has 0 spiro atoms. The van der Waals surface area contributed by atoms with Crippen molar-refractivity contribution in [3.05, 3.63) is 47.2 Å². The van der Waals surface area contributed by atoms with Gasteiger partial charge in [0.1, 0.15) is 0 Å². The fourth-order valence-electron chi connectivity index (χ4n) is 1.77. The fraction of sp³-hybridized carbons (Fsp3) is 0.286. The van der Waals surface area contributed by atoms with Crippen molar-refractivity contribution in [2.24, 2.45) is 0 Å². The van der Waals surface area contributed by atoms with Crippen molar-refractivity contribution in [2.45, 2.75) is 6.42 Å². The highest BCUT2D eigenvalue weighted by molar-refractivity contribution is 6.30. The molecular weight excluding hydrogens is 276 g/mol. The number of hydrogen-bond acceptors (Lipinski definition) is 3. The summed E-state index contributed by atoms with van der Waals surface area (Å²) in [7, 11) is 1.88. The predicted octanol–water partition coefficient (Wildman–Crippen LogP) is 1.86. The van der Waals surface area contributed by atoms with Crippen LogP contribution in [0.5, 0.6) is 0 Å². The van der Waals surface area contributed by atoms with Crippen LogP contribution in [-0.4, -0.2) is 35.8 Å². The highest BCUT2D eigenvalue weighted by atomic mass is 35.5. The molecule has 0 radical (unpaired) electrons. The Labute approximate surface area is 122 Å². The molecule has 20 heavy (non-hydrogen) atoms. The van der Waals surface area contributed by atoms with E-state index in [4.69, 9.17) is 11.6 Å². The summed E-state index contributed by atoms with van der Waals surface area (Å²) in [5.41, 5.74) is 1.22. The first-order chi connectivity index (χ1) is 9.70. The Bertz CT molecular complexity index is 582. The maximum atomic E-state index is 11.9. The quantitative estimate of drug-likeness (QED) is 0.799. The number of aromatic nitrogens is 2. The van der Waals surface area contributed by atoms with Crippen LogP contribution in [0.1, 0.15) is 16.9 Å². The Morgan fingerprint density at radius 1 is 1.35 bits per heavy atom. The highest BCUT2D eigenvalue weighted by Gasteiger charge is 2.09. The smallest absolute Gasteiger partial charge is 0.271 e. The van der Waals surface area contributed by atoms with Gasteiger partial charge in [-0.25, -0.2) is 4.68 Å². The summed E-state index contributed by atoms with van der Waals surface area (Å²) in [5, 5.41) is 10.7. The largest absolute Gasteiger partial charge is 0.351 e. The minimum Gasteiger partial charge on any atom is -0.351 e. The average molecular weight is 293 g/mol. The average Bonchev–Trinajstić information content (AvgIpc) is 2.93. The second-order valence-electron chi connectivity index (χ2n) is 4.34. The fourth-order valence-corrected chi connectivity index (χ4v) is 1.95.